The number of H-pyrrole nitrogens is 2. The Labute approximate surface area is 157 Å². The molecular weight excluding hydrogens is 370 g/mol. The molecule has 27 heavy (non-hydrogen) atoms. The second kappa shape index (κ2) is 6.36. The van der Waals surface area contributed by atoms with Crippen molar-refractivity contribution in [2.75, 3.05) is 11.5 Å². The molecule has 2 atom stereocenters. The smallest absolute Gasteiger partial charge is 0.267 e. The number of hydrogen-bond acceptors (Lipinski definition) is 5. The molecule has 2 aromatic rings. The van der Waals surface area contributed by atoms with Crippen LogP contribution >= 0.6 is 0 Å². The Hall–Kier alpha value is -2.36. The van der Waals surface area contributed by atoms with Gasteiger partial charge in [-0.1, -0.05) is 0 Å². The van der Waals surface area contributed by atoms with Gasteiger partial charge in [0.1, 0.15) is 0 Å². The van der Waals surface area contributed by atoms with Crippen molar-refractivity contribution in [3.63, 3.8) is 0 Å². The summed E-state index contributed by atoms with van der Waals surface area (Å²) in [6, 6.07) is 0. The van der Waals surface area contributed by atoms with Crippen LogP contribution < -0.4 is 11.3 Å². The highest BCUT2D eigenvalue weighted by Crippen LogP contribution is 2.37. The van der Waals surface area contributed by atoms with Gasteiger partial charge in [0.15, 0.2) is 9.84 Å². The third kappa shape index (κ3) is 3.33. The SMILES string of the molecule is Cc1nn(C2(C)CCS(=O)(=O)C2)c(C)c1C(CC(N)=O)c1c(C)[nH][nH]c1=O. The van der Waals surface area contributed by atoms with Gasteiger partial charge >= 0.3 is 0 Å². The summed E-state index contributed by atoms with van der Waals surface area (Å²) in [5, 5.41) is 9.93. The average Bonchev–Trinajstić information content (AvgIpc) is 3.13. The van der Waals surface area contributed by atoms with Crippen molar-refractivity contribution in [3.8, 4) is 0 Å². The van der Waals surface area contributed by atoms with Gasteiger partial charge in [-0.15, -0.1) is 0 Å². The van der Waals surface area contributed by atoms with E-state index < -0.39 is 27.2 Å². The molecule has 1 aliphatic heterocycles. The first-order valence-electron chi connectivity index (χ1n) is 8.77. The van der Waals surface area contributed by atoms with Crippen molar-refractivity contribution in [3.05, 3.63) is 38.6 Å². The summed E-state index contributed by atoms with van der Waals surface area (Å²) in [7, 11) is -3.11. The zero-order valence-corrected chi connectivity index (χ0v) is 16.7. The van der Waals surface area contributed by atoms with Gasteiger partial charge in [-0.2, -0.15) is 5.10 Å². The van der Waals surface area contributed by atoms with Gasteiger partial charge in [0, 0.05) is 34.9 Å². The highest BCUT2D eigenvalue weighted by atomic mass is 32.2. The molecule has 9 nitrogen and oxygen atoms in total. The monoisotopic (exact) mass is 395 g/mol. The van der Waals surface area contributed by atoms with Crippen LogP contribution in [0.4, 0.5) is 0 Å². The second-order valence-electron chi connectivity index (χ2n) is 7.68. The molecule has 0 spiro atoms. The van der Waals surface area contributed by atoms with Gasteiger partial charge in [-0.25, -0.2) is 8.42 Å². The quantitative estimate of drug-likeness (QED) is 0.670. The summed E-state index contributed by atoms with van der Waals surface area (Å²) in [5.41, 5.74) is 7.73. The lowest BCUT2D eigenvalue weighted by Crippen LogP contribution is -2.33. The predicted molar refractivity (Wildman–Crippen MR) is 100 cm³/mol. The zero-order chi connectivity index (χ0) is 20.1. The lowest BCUT2D eigenvalue weighted by atomic mass is 9.87. The van der Waals surface area contributed by atoms with Gasteiger partial charge in [0.05, 0.1) is 22.7 Å². The molecule has 0 bridgehead atoms. The van der Waals surface area contributed by atoms with Crippen LogP contribution in [0.15, 0.2) is 4.79 Å². The molecule has 0 aromatic carbocycles. The third-order valence-corrected chi connectivity index (χ3v) is 7.34. The van der Waals surface area contributed by atoms with E-state index in [-0.39, 0.29) is 23.5 Å². The maximum Gasteiger partial charge on any atom is 0.267 e. The fourth-order valence-electron chi connectivity index (χ4n) is 4.27. The van der Waals surface area contributed by atoms with Crippen LogP contribution in [0.5, 0.6) is 0 Å². The number of aromatic nitrogens is 4. The predicted octanol–water partition coefficient (Wildman–Crippen LogP) is 0.366. The van der Waals surface area contributed by atoms with E-state index in [1.54, 1.807) is 18.5 Å². The van der Waals surface area contributed by atoms with Gasteiger partial charge in [0.2, 0.25) is 5.91 Å². The third-order valence-electron chi connectivity index (χ3n) is 5.46. The largest absolute Gasteiger partial charge is 0.370 e. The van der Waals surface area contributed by atoms with E-state index in [9.17, 15) is 18.0 Å². The van der Waals surface area contributed by atoms with E-state index in [0.717, 1.165) is 11.3 Å². The van der Waals surface area contributed by atoms with E-state index in [2.05, 4.69) is 15.3 Å². The van der Waals surface area contributed by atoms with E-state index in [4.69, 9.17) is 5.73 Å². The maximum absolute atomic E-state index is 12.3. The number of aryl methyl sites for hydroxylation is 2. The molecule has 3 rings (SSSR count). The highest BCUT2D eigenvalue weighted by molar-refractivity contribution is 7.91. The van der Waals surface area contributed by atoms with Crippen LogP contribution in [0, 0.1) is 20.8 Å². The van der Waals surface area contributed by atoms with E-state index in [1.807, 2.05) is 13.8 Å². The summed E-state index contributed by atoms with van der Waals surface area (Å²) >= 11 is 0. The Morgan fingerprint density at radius 1 is 1.30 bits per heavy atom. The Bertz CT molecular complexity index is 1060. The summed E-state index contributed by atoms with van der Waals surface area (Å²) in [4.78, 5) is 24.1. The molecule has 1 amide bonds. The molecule has 0 radical (unpaired) electrons. The number of carbonyl (C=O) groups is 1. The second-order valence-corrected chi connectivity index (χ2v) is 9.86. The molecular formula is C17H25N5O4S. The standard InChI is InChI=1S/C17H25N5O4S/c1-9-15(16(24)20-19-9)12(7-13(18)23)14-10(2)21-22(11(14)3)17(4)5-6-27(25,26)8-17/h12H,5-8H2,1-4H3,(H2,18,23)(H2,19,20,24). The lowest BCUT2D eigenvalue weighted by molar-refractivity contribution is -0.118. The summed E-state index contributed by atoms with van der Waals surface area (Å²) < 4.78 is 25.8. The molecule has 0 saturated carbocycles. The van der Waals surface area contributed by atoms with Crippen LogP contribution in [-0.2, 0) is 20.2 Å². The molecule has 0 aliphatic carbocycles. The number of hydrogen-bond donors (Lipinski definition) is 3. The number of nitrogens with one attached hydrogen (secondary N) is 2. The number of primary amides is 1. The number of sulfone groups is 1. The molecule has 10 heteroatoms. The van der Waals surface area contributed by atoms with E-state index in [1.165, 1.54) is 0 Å². The Balaban J connectivity index is 2.17. The Morgan fingerprint density at radius 2 is 1.96 bits per heavy atom. The fraction of sp³-hybridized carbons (Fsp3) is 0.588. The molecule has 1 saturated heterocycles. The molecule has 4 N–H and O–H groups in total. The topological polar surface area (TPSA) is 144 Å². The first-order valence-corrected chi connectivity index (χ1v) is 10.6. The minimum atomic E-state index is -3.11. The van der Waals surface area contributed by atoms with Crippen molar-refractivity contribution in [2.45, 2.75) is 52.0 Å². The number of rotatable bonds is 5. The molecule has 3 heterocycles. The van der Waals surface area contributed by atoms with Crippen molar-refractivity contribution in [1.29, 1.82) is 0 Å². The minimum Gasteiger partial charge on any atom is -0.370 e. The first kappa shape index (κ1) is 19.4. The molecule has 2 unspecified atom stereocenters. The van der Waals surface area contributed by atoms with Crippen molar-refractivity contribution in [2.24, 2.45) is 5.73 Å². The molecule has 148 valence electrons. The number of aromatic amines is 2. The summed E-state index contributed by atoms with van der Waals surface area (Å²) in [5.74, 6) is -0.932. The zero-order valence-electron chi connectivity index (χ0n) is 15.9. The number of amides is 1. The van der Waals surface area contributed by atoms with Crippen LogP contribution in [0.25, 0.3) is 0 Å². The first-order chi connectivity index (χ1) is 12.4. The van der Waals surface area contributed by atoms with Gasteiger partial charge in [-0.05, 0) is 34.1 Å². The van der Waals surface area contributed by atoms with Crippen LogP contribution in [-0.4, -0.2) is 45.8 Å². The Morgan fingerprint density at radius 3 is 2.44 bits per heavy atom. The van der Waals surface area contributed by atoms with Gasteiger partial charge in [0.25, 0.3) is 5.56 Å². The number of nitrogens with two attached hydrogens (primary N) is 1. The van der Waals surface area contributed by atoms with Crippen LogP contribution in [0.3, 0.4) is 0 Å². The van der Waals surface area contributed by atoms with Crippen LogP contribution in [0.2, 0.25) is 0 Å². The van der Waals surface area contributed by atoms with Crippen molar-refractivity contribution in [1.82, 2.24) is 20.0 Å². The van der Waals surface area contributed by atoms with Crippen molar-refractivity contribution < 1.29 is 13.2 Å². The van der Waals surface area contributed by atoms with E-state index >= 15 is 0 Å². The molecule has 1 aliphatic rings. The number of nitrogens with zero attached hydrogens (tertiary/aromatic N) is 2. The summed E-state index contributed by atoms with van der Waals surface area (Å²) in [6.07, 6.45) is 0.436. The Kier molecular flexibility index (Phi) is 4.57. The number of carbonyl (C=O) groups excluding carboxylic acids is 1. The normalized spacial score (nSPS) is 22.8. The maximum atomic E-state index is 12.3. The highest BCUT2D eigenvalue weighted by Gasteiger charge is 2.42. The molecule has 1 fully saturated rings. The van der Waals surface area contributed by atoms with Gasteiger partial charge in [-0.3, -0.25) is 19.4 Å². The van der Waals surface area contributed by atoms with Crippen molar-refractivity contribution >= 4 is 15.7 Å². The van der Waals surface area contributed by atoms with E-state index in [0.29, 0.717) is 23.4 Å². The average molecular weight is 395 g/mol. The summed E-state index contributed by atoms with van der Waals surface area (Å²) in [6.45, 7) is 7.27. The van der Waals surface area contributed by atoms with Crippen LogP contribution in [0.1, 0.15) is 53.9 Å². The fourth-order valence-corrected chi connectivity index (χ4v) is 6.38. The lowest BCUT2D eigenvalue weighted by Gasteiger charge is -2.25. The van der Waals surface area contributed by atoms with Gasteiger partial charge < -0.3 is 10.8 Å². The minimum absolute atomic E-state index is 0.0195. The molecule has 2 aromatic heterocycles.